The predicted molar refractivity (Wildman–Crippen MR) is 136 cm³/mol. The van der Waals surface area contributed by atoms with Gasteiger partial charge in [-0.15, -0.1) is 0 Å². The second-order valence-electron chi connectivity index (χ2n) is 12.3. The normalized spacial score (nSPS) is 15.8. The zero-order chi connectivity index (χ0) is 25.6. The monoisotopic (exact) mass is 504 g/mol. The van der Waals surface area contributed by atoms with Crippen LogP contribution >= 0.6 is 0 Å². The van der Waals surface area contributed by atoms with Crippen molar-refractivity contribution in [3.63, 3.8) is 0 Å². The van der Waals surface area contributed by atoms with Gasteiger partial charge in [-0.3, -0.25) is 0 Å². The van der Waals surface area contributed by atoms with Gasteiger partial charge < -0.3 is 0 Å². The topological polar surface area (TPSA) is 36.9 Å². The summed E-state index contributed by atoms with van der Waals surface area (Å²) < 4.78 is 27.0. The van der Waals surface area contributed by atoms with Crippen LogP contribution in [0.4, 0.5) is 0 Å². The summed E-state index contributed by atoms with van der Waals surface area (Å²) in [6.45, 7) is 25.7. The van der Waals surface area contributed by atoms with E-state index in [1.54, 1.807) is 0 Å². The van der Waals surface area contributed by atoms with E-state index < -0.39 is 18.1 Å². The van der Waals surface area contributed by atoms with Gasteiger partial charge >= 0.3 is 213 Å². The Bertz CT molecular complexity index is 958. The fourth-order valence-electron chi connectivity index (χ4n) is 4.49. The Labute approximate surface area is 212 Å². The number of aryl methyl sites for hydroxylation is 2. The molecule has 2 aromatic carbocycles. The van der Waals surface area contributed by atoms with E-state index >= 15 is 0 Å². The summed E-state index contributed by atoms with van der Waals surface area (Å²) in [6, 6.07) is 8.96. The predicted octanol–water partition coefficient (Wildman–Crippen LogP) is 7.92. The standard InChI is InChI=1S/C23H32O2.2C3H7O.Ti/c1-14-9-16(20(24)18(11-14)22(3,4)5)13-17-10-15(2)12-19(21(17)25)23(6,7)8;2*1-3(2)4;/h9-12,24-25H,13H2,1-8H3;2*3H,1-2H3;/q;2*-1;+4/p-2. The molecule has 0 unspecified atom stereocenters. The van der Waals surface area contributed by atoms with Crippen LogP contribution in [0, 0.1) is 13.8 Å². The molecule has 0 N–H and O–H groups in total. The maximum absolute atomic E-state index is 6.93. The molecule has 4 nitrogen and oxygen atoms in total. The molecule has 2 aromatic rings. The molecular weight excluding hydrogens is 460 g/mol. The van der Waals surface area contributed by atoms with Gasteiger partial charge in [0, 0.05) is 0 Å². The molecule has 5 heteroatoms. The first-order valence-corrected chi connectivity index (χ1v) is 15.1. The van der Waals surface area contributed by atoms with Crippen LogP contribution in [0.1, 0.15) is 103 Å². The molecule has 0 radical (unpaired) electrons. The number of fused-ring (bicyclic) bond motifs is 2. The summed E-state index contributed by atoms with van der Waals surface area (Å²) in [5, 5.41) is 0. The molecule has 188 valence electrons. The van der Waals surface area contributed by atoms with Gasteiger partial charge in [-0.05, 0) is 0 Å². The van der Waals surface area contributed by atoms with Crippen molar-refractivity contribution >= 4 is 0 Å². The second kappa shape index (κ2) is 9.61. The van der Waals surface area contributed by atoms with Crippen LogP contribution in [0.3, 0.4) is 0 Å². The first kappa shape index (κ1) is 27.3. The minimum absolute atomic E-state index is 0.0999. The third kappa shape index (κ3) is 6.08. The Morgan fingerprint density at radius 3 is 1.32 bits per heavy atom. The summed E-state index contributed by atoms with van der Waals surface area (Å²) in [5.74, 6) is 1.73. The van der Waals surface area contributed by atoms with E-state index in [0.29, 0.717) is 0 Å². The molecule has 34 heavy (non-hydrogen) atoms. The molecule has 1 heterocycles. The van der Waals surface area contributed by atoms with Crippen molar-refractivity contribution in [3.8, 4) is 11.5 Å². The van der Waals surface area contributed by atoms with Crippen molar-refractivity contribution in [1.29, 1.82) is 0 Å². The molecule has 0 atom stereocenters. The first-order valence-electron chi connectivity index (χ1n) is 12.5. The van der Waals surface area contributed by atoms with Crippen molar-refractivity contribution in [2.75, 3.05) is 0 Å². The van der Waals surface area contributed by atoms with E-state index in [4.69, 9.17) is 13.3 Å². The number of rotatable bonds is 4. The maximum atomic E-state index is 6.93. The van der Waals surface area contributed by atoms with Crippen LogP contribution in [-0.2, 0) is 42.0 Å². The van der Waals surface area contributed by atoms with Crippen molar-refractivity contribution in [2.24, 2.45) is 0 Å². The van der Waals surface area contributed by atoms with Gasteiger partial charge in [0.1, 0.15) is 0 Å². The van der Waals surface area contributed by atoms with Crippen LogP contribution in [0.25, 0.3) is 0 Å². The zero-order valence-electron chi connectivity index (χ0n) is 23.3. The Balaban J connectivity index is 2.41. The summed E-state index contributed by atoms with van der Waals surface area (Å²) >= 11 is -4.33. The van der Waals surface area contributed by atoms with Crippen LogP contribution in [0.2, 0.25) is 0 Å². The molecule has 0 saturated carbocycles. The average Bonchev–Trinajstić information content (AvgIpc) is 2.61. The van der Waals surface area contributed by atoms with Gasteiger partial charge in [0.15, 0.2) is 0 Å². The first-order chi connectivity index (χ1) is 15.5. The van der Waals surface area contributed by atoms with Gasteiger partial charge in [0.25, 0.3) is 0 Å². The summed E-state index contributed by atoms with van der Waals surface area (Å²) in [4.78, 5) is 0. The van der Waals surface area contributed by atoms with Crippen molar-refractivity contribution < 1.29 is 31.4 Å². The summed E-state index contributed by atoms with van der Waals surface area (Å²) in [6.07, 6.45) is 0.538. The minimum atomic E-state index is -4.33. The molecule has 1 aliphatic rings. The molecule has 0 bridgehead atoms. The third-order valence-corrected chi connectivity index (χ3v) is 9.62. The summed E-state index contributed by atoms with van der Waals surface area (Å²) in [7, 11) is 0. The molecule has 0 saturated heterocycles. The molecular formula is C29H44O4Ti. The number of hydrogen-bond donors (Lipinski definition) is 0. The van der Waals surface area contributed by atoms with E-state index in [2.05, 4.69) is 79.7 Å². The van der Waals surface area contributed by atoms with E-state index in [1.165, 1.54) is 11.1 Å². The molecule has 0 spiro atoms. The van der Waals surface area contributed by atoms with E-state index in [-0.39, 0.29) is 23.0 Å². The average molecular weight is 505 g/mol. The molecule has 1 aliphatic heterocycles. The van der Waals surface area contributed by atoms with Crippen molar-refractivity contribution in [2.45, 2.75) is 113 Å². The van der Waals surface area contributed by atoms with Gasteiger partial charge in [-0.25, -0.2) is 0 Å². The van der Waals surface area contributed by atoms with Crippen LogP contribution in [0.15, 0.2) is 24.3 Å². The van der Waals surface area contributed by atoms with Crippen molar-refractivity contribution in [3.05, 3.63) is 57.6 Å². The van der Waals surface area contributed by atoms with E-state index in [9.17, 15) is 0 Å². The summed E-state index contributed by atoms with van der Waals surface area (Å²) in [5.41, 5.74) is 6.89. The molecule has 0 aliphatic carbocycles. The molecule has 3 rings (SSSR count). The zero-order valence-corrected chi connectivity index (χ0v) is 24.9. The Kier molecular flexibility index (Phi) is 7.71. The molecule has 0 aromatic heterocycles. The van der Waals surface area contributed by atoms with Gasteiger partial charge in [0.2, 0.25) is 0 Å². The van der Waals surface area contributed by atoms with E-state index in [1.807, 2.05) is 27.7 Å². The fourth-order valence-corrected chi connectivity index (χ4v) is 8.28. The Morgan fingerprint density at radius 2 is 1.03 bits per heavy atom. The van der Waals surface area contributed by atoms with Crippen LogP contribution in [-0.4, -0.2) is 12.2 Å². The van der Waals surface area contributed by atoms with Crippen LogP contribution in [0.5, 0.6) is 11.5 Å². The SMILES string of the molecule is Cc1cc2c(c(C(C)(C)C)c1)[O][Ti]([O]C(C)C)([O]C(C)C)[O]c1c(cc(C)cc1C(C)(C)C)C2. The number of hydrogen-bond acceptors (Lipinski definition) is 4. The molecule has 0 amide bonds. The Morgan fingerprint density at radius 1 is 0.676 bits per heavy atom. The second-order valence-corrected chi connectivity index (χ2v) is 15.3. The molecule has 0 fully saturated rings. The van der Waals surface area contributed by atoms with Crippen molar-refractivity contribution in [1.82, 2.24) is 0 Å². The van der Waals surface area contributed by atoms with Gasteiger partial charge in [0.05, 0.1) is 0 Å². The quantitative estimate of drug-likeness (QED) is 0.396. The Hall–Kier alpha value is -1.33. The fraction of sp³-hybridized carbons (Fsp3) is 0.586. The number of benzene rings is 2. The van der Waals surface area contributed by atoms with Crippen LogP contribution < -0.4 is 6.64 Å². The van der Waals surface area contributed by atoms with Gasteiger partial charge in [-0.1, -0.05) is 0 Å². The van der Waals surface area contributed by atoms with Gasteiger partial charge in [-0.2, -0.15) is 0 Å². The van der Waals surface area contributed by atoms with E-state index in [0.717, 1.165) is 40.2 Å². The third-order valence-electron chi connectivity index (χ3n) is 5.83.